The van der Waals surface area contributed by atoms with E-state index in [9.17, 15) is 19.8 Å². The molecule has 5 nitrogen and oxygen atoms in total. The highest BCUT2D eigenvalue weighted by molar-refractivity contribution is 6.52. The third kappa shape index (κ3) is 1.75. The SMILES string of the molecule is CC1COC2=C1C(=O)C(=O)c1c2ccc2c1CC[C@H](O)[C@]2(C)O. The zero-order valence-corrected chi connectivity index (χ0v) is 13.0. The highest BCUT2D eigenvalue weighted by atomic mass is 16.5. The Bertz CT molecular complexity index is 787. The summed E-state index contributed by atoms with van der Waals surface area (Å²) in [5.41, 5.74) is 1.19. The van der Waals surface area contributed by atoms with Gasteiger partial charge in [-0.3, -0.25) is 9.59 Å². The van der Waals surface area contributed by atoms with Crippen molar-refractivity contribution in [1.82, 2.24) is 0 Å². The molecule has 1 aromatic carbocycles. The lowest BCUT2D eigenvalue weighted by Crippen LogP contribution is -2.42. The van der Waals surface area contributed by atoms with Gasteiger partial charge in [-0.05, 0) is 30.9 Å². The first-order valence-corrected chi connectivity index (χ1v) is 7.87. The molecule has 4 rings (SSSR count). The summed E-state index contributed by atoms with van der Waals surface area (Å²) >= 11 is 0. The summed E-state index contributed by atoms with van der Waals surface area (Å²) in [6, 6.07) is 3.45. The van der Waals surface area contributed by atoms with Gasteiger partial charge in [-0.2, -0.15) is 0 Å². The number of ether oxygens (including phenoxy) is 1. The molecule has 2 aliphatic carbocycles. The number of aliphatic hydroxyl groups is 2. The van der Waals surface area contributed by atoms with Gasteiger partial charge < -0.3 is 14.9 Å². The zero-order valence-electron chi connectivity index (χ0n) is 13.0. The fourth-order valence-electron chi connectivity index (χ4n) is 3.95. The molecule has 5 heteroatoms. The number of ketones is 2. The Morgan fingerprint density at radius 1 is 1.26 bits per heavy atom. The van der Waals surface area contributed by atoms with Crippen LogP contribution in [0.3, 0.4) is 0 Å². The minimum atomic E-state index is -1.43. The van der Waals surface area contributed by atoms with Gasteiger partial charge in [0, 0.05) is 17.0 Å². The van der Waals surface area contributed by atoms with Crippen molar-refractivity contribution >= 4 is 17.3 Å². The van der Waals surface area contributed by atoms with E-state index in [0.29, 0.717) is 53.0 Å². The van der Waals surface area contributed by atoms with E-state index in [1.165, 1.54) is 6.92 Å². The van der Waals surface area contributed by atoms with Crippen LogP contribution >= 0.6 is 0 Å². The van der Waals surface area contributed by atoms with Gasteiger partial charge in [-0.1, -0.05) is 19.1 Å². The third-order valence-corrected chi connectivity index (χ3v) is 5.31. The number of hydrogen-bond donors (Lipinski definition) is 2. The molecule has 0 bridgehead atoms. The normalized spacial score (nSPS) is 32.3. The largest absolute Gasteiger partial charge is 0.492 e. The molecule has 0 fully saturated rings. The van der Waals surface area contributed by atoms with Crippen LogP contribution in [0.4, 0.5) is 0 Å². The topological polar surface area (TPSA) is 83.8 Å². The van der Waals surface area contributed by atoms with Gasteiger partial charge >= 0.3 is 0 Å². The highest BCUT2D eigenvalue weighted by Crippen LogP contribution is 2.44. The lowest BCUT2D eigenvalue weighted by atomic mass is 9.72. The Kier molecular flexibility index (Phi) is 2.87. The number of carbonyl (C=O) groups excluding carboxylic acids is 2. The maximum absolute atomic E-state index is 12.7. The first-order chi connectivity index (χ1) is 10.8. The number of aliphatic hydroxyl groups excluding tert-OH is 1. The number of benzene rings is 1. The van der Waals surface area contributed by atoms with Crippen molar-refractivity contribution in [3.8, 4) is 0 Å². The first-order valence-electron chi connectivity index (χ1n) is 7.87. The van der Waals surface area contributed by atoms with Crippen molar-refractivity contribution in [1.29, 1.82) is 0 Å². The molecule has 3 aliphatic rings. The number of hydrogen-bond acceptors (Lipinski definition) is 5. The molecule has 0 saturated carbocycles. The second kappa shape index (κ2) is 4.52. The predicted octanol–water partition coefficient (Wildman–Crippen LogP) is 1.34. The van der Waals surface area contributed by atoms with E-state index in [4.69, 9.17) is 4.74 Å². The molecule has 0 amide bonds. The smallest absolute Gasteiger partial charge is 0.234 e. The number of fused-ring (bicyclic) bond motifs is 4. The molecule has 1 heterocycles. The lowest BCUT2D eigenvalue weighted by Gasteiger charge is -2.37. The predicted molar refractivity (Wildman–Crippen MR) is 81.7 cm³/mol. The highest BCUT2D eigenvalue weighted by Gasteiger charge is 2.45. The maximum Gasteiger partial charge on any atom is 0.234 e. The van der Waals surface area contributed by atoms with E-state index in [1.54, 1.807) is 12.1 Å². The molecule has 23 heavy (non-hydrogen) atoms. The van der Waals surface area contributed by atoms with E-state index >= 15 is 0 Å². The monoisotopic (exact) mass is 314 g/mol. The van der Waals surface area contributed by atoms with Crippen LogP contribution in [0.1, 0.15) is 47.3 Å². The Morgan fingerprint density at radius 2 is 2.00 bits per heavy atom. The van der Waals surface area contributed by atoms with Crippen molar-refractivity contribution in [2.75, 3.05) is 6.61 Å². The molecule has 1 aromatic rings. The molecule has 0 spiro atoms. The zero-order chi connectivity index (χ0) is 16.5. The van der Waals surface area contributed by atoms with Gasteiger partial charge in [-0.25, -0.2) is 0 Å². The summed E-state index contributed by atoms with van der Waals surface area (Å²) in [6.45, 7) is 3.81. The van der Waals surface area contributed by atoms with E-state index in [1.807, 2.05) is 6.92 Å². The van der Waals surface area contributed by atoms with Crippen LogP contribution in [0, 0.1) is 5.92 Å². The lowest BCUT2D eigenvalue weighted by molar-refractivity contribution is -0.112. The molecule has 2 N–H and O–H groups in total. The Morgan fingerprint density at radius 3 is 2.74 bits per heavy atom. The number of carbonyl (C=O) groups is 2. The maximum atomic E-state index is 12.7. The summed E-state index contributed by atoms with van der Waals surface area (Å²) in [5, 5.41) is 20.6. The quantitative estimate of drug-likeness (QED) is 0.706. The molecule has 0 saturated heterocycles. The third-order valence-electron chi connectivity index (χ3n) is 5.31. The fraction of sp³-hybridized carbons (Fsp3) is 0.444. The van der Waals surface area contributed by atoms with Crippen molar-refractivity contribution in [3.63, 3.8) is 0 Å². The molecule has 1 unspecified atom stereocenters. The van der Waals surface area contributed by atoms with E-state index in [-0.39, 0.29) is 5.92 Å². The minimum absolute atomic E-state index is 0.0874. The molecule has 0 radical (unpaired) electrons. The molecule has 3 atom stereocenters. The summed E-state index contributed by atoms with van der Waals surface area (Å²) in [6.07, 6.45) is -0.0892. The van der Waals surface area contributed by atoms with E-state index in [0.717, 1.165) is 0 Å². The van der Waals surface area contributed by atoms with Crippen LogP contribution < -0.4 is 0 Å². The second-order valence-electron chi connectivity index (χ2n) is 6.83. The average Bonchev–Trinajstić information content (AvgIpc) is 2.90. The number of rotatable bonds is 0. The van der Waals surface area contributed by atoms with Crippen molar-refractivity contribution < 1.29 is 24.5 Å². The van der Waals surface area contributed by atoms with Crippen LogP contribution in [0.25, 0.3) is 5.76 Å². The Hall–Kier alpha value is -1.98. The van der Waals surface area contributed by atoms with Crippen molar-refractivity contribution in [3.05, 3.63) is 40.0 Å². The second-order valence-corrected chi connectivity index (χ2v) is 6.83. The van der Waals surface area contributed by atoms with Crippen LogP contribution in [0.15, 0.2) is 17.7 Å². The summed E-state index contributed by atoms with van der Waals surface area (Å²) in [7, 11) is 0. The van der Waals surface area contributed by atoms with Crippen LogP contribution in [0.5, 0.6) is 0 Å². The molecular formula is C18H18O5. The number of Topliss-reactive ketones (excluding diaryl/α,β-unsaturated/α-hetero) is 2. The summed E-state index contributed by atoms with van der Waals surface area (Å²) < 4.78 is 5.67. The molecule has 0 aromatic heterocycles. The molecular weight excluding hydrogens is 296 g/mol. The average molecular weight is 314 g/mol. The standard InChI is InChI=1S/C18H18O5/c1-8-7-23-17-10-3-5-11-9(4-6-12(19)18(11,2)22)14(10)16(21)15(20)13(8)17/h3,5,8,12,19,22H,4,6-7H2,1-2H3/t8?,12-,18+/m0/s1. The van der Waals surface area contributed by atoms with Crippen molar-refractivity contribution in [2.24, 2.45) is 5.92 Å². The minimum Gasteiger partial charge on any atom is -0.492 e. The van der Waals surface area contributed by atoms with Crippen LogP contribution in [0.2, 0.25) is 0 Å². The molecule has 1 aliphatic heterocycles. The van der Waals surface area contributed by atoms with Crippen LogP contribution in [-0.4, -0.2) is 34.5 Å². The van der Waals surface area contributed by atoms with Gasteiger partial charge in [0.05, 0.1) is 18.3 Å². The van der Waals surface area contributed by atoms with Gasteiger partial charge in [0.2, 0.25) is 11.6 Å². The fourth-order valence-corrected chi connectivity index (χ4v) is 3.95. The van der Waals surface area contributed by atoms with Crippen molar-refractivity contribution in [2.45, 2.75) is 38.4 Å². The van der Waals surface area contributed by atoms with Gasteiger partial charge in [0.15, 0.2) is 0 Å². The van der Waals surface area contributed by atoms with Crippen LogP contribution in [-0.2, 0) is 21.6 Å². The van der Waals surface area contributed by atoms with E-state index in [2.05, 4.69) is 0 Å². The van der Waals surface area contributed by atoms with Gasteiger partial charge in [0.25, 0.3) is 0 Å². The Balaban J connectivity index is 2.00. The Labute approximate surface area is 133 Å². The van der Waals surface area contributed by atoms with E-state index < -0.39 is 23.3 Å². The first kappa shape index (κ1) is 14.6. The summed E-state index contributed by atoms with van der Waals surface area (Å²) in [5.74, 6) is -0.613. The van der Waals surface area contributed by atoms with Gasteiger partial charge in [-0.15, -0.1) is 0 Å². The van der Waals surface area contributed by atoms with Gasteiger partial charge in [0.1, 0.15) is 11.4 Å². The molecule has 120 valence electrons. The summed E-state index contributed by atoms with van der Waals surface area (Å²) in [4.78, 5) is 25.2.